The van der Waals surface area contributed by atoms with Gasteiger partial charge in [-0.25, -0.2) is 0 Å². The van der Waals surface area contributed by atoms with Crippen molar-refractivity contribution in [3.63, 3.8) is 0 Å². The number of hydrogen-bond acceptors (Lipinski definition) is 8. The van der Waals surface area contributed by atoms with Gasteiger partial charge < -0.3 is 39.2 Å². The monoisotopic (exact) mass is 665 g/mol. The van der Waals surface area contributed by atoms with E-state index in [1.807, 2.05) is 52.5 Å². The van der Waals surface area contributed by atoms with Crippen LogP contribution < -0.4 is 29.4 Å². The van der Waals surface area contributed by atoms with Crippen molar-refractivity contribution in [3.05, 3.63) is 107 Å². The predicted octanol–water partition coefficient (Wildman–Crippen LogP) is 6.19. The maximum absolute atomic E-state index is 13.0. The van der Waals surface area contributed by atoms with Crippen LogP contribution in [0.15, 0.2) is 84.9 Å². The lowest BCUT2D eigenvalue weighted by atomic mass is 10.0. The minimum Gasteiger partial charge on any atom is -0.526 e. The van der Waals surface area contributed by atoms with E-state index in [1.165, 1.54) is 7.69 Å². The molecule has 0 spiro atoms. The third-order valence-electron chi connectivity index (χ3n) is 7.78. The second-order valence-electron chi connectivity index (χ2n) is 12.2. The first-order valence-corrected chi connectivity index (χ1v) is 16.3. The van der Waals surface area contributed by atoms with Crippen LogP contribution >= 0.6 is 0 Å². The Balaban J connectivity index is 1.24. The van der Waals surface area contributed by atoms with Gasteiger partial charge in [0.05, 0.1) is 14.2 Å². The number of aryl methyl sites for hydroxylation is 2. The molecule has 4 aromatic rings. The molecular weight excluding hydrogens is 619 g/mol. The summed E-state index contributed by atoms with van der Waals surface area (Å²) in [5.41, 5.74) is 4.41. The number of hydrogen-bond donors (Lipinski definition) is 2. The smallest absolute Gasteiger partial charge is 0.526 e. The molecule has 0 aromatic heterocycles. The minimum absolute atomic E-state index is 0.205. The predicted molar refractivity (Wildman–Crippen MR) is 196 cm³/mol. The van der Waals surface area contributed by atoms with Crippen molar-refractivity contribution in [3.8, 4) is 23.0 Å². The van der Waals surface area contributed by atoms with Gasteiger partial charge in [-0.15, -0.1) is 0 Å². The summed E-state index contributed by atoms with van der Waals surface area (Å²) in [5, 5.41) is 5.87. The van der Waals surface area contributed by atoms with E-state index in [2.05, 4.69) is 20.4 Å². The van der Waals surface area contributed by atoms with Crippen molar-refractivity contribution in [2.75, 3.05) is 66.1 Å². The van der Waals surface area contributed by atoms with Gasteiger partial charge in [0.2, 0.25) is 0 Å². The Morgan fingerprint density at radius 2 is 0.980 bits per heavy atom. The Morgan fingerprint density at radius 3 is 1.33 bits per heavy atom. The summed E-state index contributed by atoms with van der Waals surface area (Å²) in [4.78, 5) is 30.2. The standard InChI is InChI=1S/C38H46BN4O6/c1-42(2)23-7-9-27-25-29(11-21-35(27)46-5)37(44)40-31-13-17-33(18-14-31)48-39-49-34-19-15-32(16-20-34)41-38(45)30-12-22-36(47-6)28(26-30)10-8-24-43(3)4/h11-22,25-26H,7-10,23-24H2,1-6H3,(H,40,44)(H,41,45). The number of ether oxygens (including phenoxy) is 2. The number of carbonyl (C=O) groups excluding carboxylic acids is 2. The summed E-state index contributed by atoms with van der Waals surface area (Å²) < 4.78 is 22.2. The van der Waals surface area contributed by atoms with E-state index in [0.717, 1.165) is 61.4 Å². The fraction of sp³-hybridized carbons (Fsp3) is 0.316. The van der Waals surface area contributed by atoms with Crippen molar-refractivity contribution >= 4 is 30.9 Å². The van der Waals surface area contributed by atoms with E-state index in [1.54, 1.807) is 74.9 Å². The first-order chi connectivity index (χ1) is 23.6. The third-order valence-corrected chi connectivity index (χ3v) is 7.78. The Kier molecular flexibility index (Phi) is 13.9. The maximum atomic E-state index is 13.0. The fourth-order valence-electron chi connectivity index (χ4n) is 5.18. The molecule has 4 aromatic carbocycles. The van der Waals surface area contributed by atoms with Crippen LogP contribution in [0.1, 0.15) is 44.7 Å². The third kappa shape index (κ3) is 11.6. The number of nitrogens with zero attached hydrogens (tertiary/aromatic N) is 2. The number of nitrogens with one attached hydrogen (secondary N) is 2. The van der Waals surface area contributed by atoms with Gasteiger partial charge in [0.15, 0.2) is 0 Å². The molecule has 10 nitrogen and oxygen atoms in total. The van der Waals surface area contributed by atoms with E-state index in [-0.39, 0.29) is 11.8 Å². The number of anilines is 2. The molecule has 0 bridgehead atoms. The Bertz CT molecular complexity index is 1540. The highest BCUT2D eigenvalue weighted by Gasteiger charge is 2.13. The largest absolute Gasteiger partial charge is 0.658 e. The molecule has 0 saturated heterocycles. The number of benzene rings is 4. The molecule has 0 aliphatic heterocycles. The molecule has 0 heterocycles. The molecule has 0 aliphatic carbocycles. The summed E-state index contributed by atoms with van der Waals surface area (Å²) in [7, 11) is 12.7. The molecular formula is C38H46BN4O6. The molecule has 0 unspecified atom stereocenters. The van der Waals surface area contributed by atoms with E-state index in [9.17, 15) is 9.59 Å². The maximum Gasteiger partial charge on any atom is 0.658 e. The highest BCUT2D eigenvalue weighted by molar-refractivity contribution is 6.20. The lowest BCUT2D eigenvalue weighted by Gasteiger charge is -2.13. The Morgan fingerprint density at radius 1 is 0.592 bits per heavy atom. The first-order valence-electron chi connectivity index (χ1n) is 16.3. The van der Waals surface area contributed by atoms with Gasteiger partial charge in [-0.3, -0.25) is 9.59 Å². The topological polar surface area (TPSA) is 102 Å². The average molecular weight is 666 g/mol. The summed E-state index contributed by atoms with van der Waals surface area (Å²) in [5.74, 6) is 2.23. The van der Waals surface area contributed by atoms with Crippen LogP contribution in [0.2, 0.25) is 0 Å². The van der Waals surface area contributed by atoms with E-state index in [4.69, 9.17) is 18.8 Å². The van der Waals surface area contributed by atoms with Gasteiger partial charge in [-0.1, -0.05) is 0 Å². The fourth-order valence-corrected chi connectivity index (χ4v) is 5.18. The summed E-state index contributed by atoms with van der Waals surface area (Å²) in [6, 6.07) is 25.0. The number of methoxy groups -OCH3 is 2. The molecule has 0 aliphatic rings. The first kappa shape index (κ1) is 36.8. The van der Waals surface area contributed by atoms with Crippen LogP contribution in [0.25, 0.3) is 0 Å². The van der Waals surface area contributed by atoms with Crippen LogP contribution in [0, 0.1) is 0 Å². The summed E-state index contributed by atoms with van der Waals surface area (Å²) in [6.45, 7) is 1.90. The quantitative estimate of drug-likeness (QED) is 0.122. The highest BCUT2D eigenvalue weighted by atomic mass is 16.6. The number of carbonyl (C=O) groups is 2. The zero-order chi connectivity index (χ0) is 35.2. The SMILES string of the molecule is COc1ccc(C(=O)Nc2ccc(O[B]Oc3ccc(NC(=O)c4ccc(OC)c(CCCN(C)C)c4)cc3)cc2)cc1CCCN(C)C. The Labute approximate surface area is 290 Å². The normalized spacial score (nSPS) is 10.9. The van der Waals surface area contributed by atoms with Gasteiger partial charge >= 0.3 is 7.69 Å². The van der Waals surface area contributed by atoms with Crippen LogP contribution in [0.3, 0.4) is 0 Å². The lowest BCUT2D eigenvalue weighted by Crippen LogP contribution is -2.15. The van der Waals surface area contributed by atoms with Crippen molar-refractivity contribution in [1.29, 1.82) is 0 Å². The van der Waals surface area contributed by atoms with Crippen molar-refractivity contribution < 1.29 is 28.4 Å². The van der Waals surface area contributed by atoms with Crippen molar-refractivity contribution in [2.24, 2.45) is 0 Å². The number of amides is 2. The zero-order valence-electron chi connectivity index (χ0n) is 29.2. The molecule has 1 radical (unpaired) electrons. The molecule has 0 atom stereocenters. The molecule has 2 amide bonds. The van der Waals surface area contributed by atoms with Crippen molar-refractivity contribution in [2.45, 2.75) is 25.7 Å². The zero-order valence-corrected chi connectivity index (χ0v) is 29.2. The lowest BCUT2D eigenvalue weighted by molar-refractivity contribution is 0.101. The molecule has 4 rings (SSSR count). The molecule has 257 valence electrons. The highest BCUT2D eigenvalue weighted by Crippen LogP contribution is 2.25. The van der Waals surface area contributed by atoms with Gasteiger partial charge in [0.25, 0.3) is 11.8 Å². The van der Waals surface area contributed by atoms with Crippen LogP contribution in [0.5, 0.6) is 23.0 Å². The summed E-state index contributed by atoms with van der Waals surface area (Å²) >= 11 is 0. The molecule has 49 heavy (non-hydrogen) atoms. The van der Waals surface area contributed by atoms with Gasteiger partial charge in [0.1, 0.15) is 23.0 Å². The van der Waals surface area contributed by atoms with Crippen LogP contribution in [0.4, 0.5) is 11.4 Å². The molecule has 0 saturated carbocycles. The van der Waals surface area contributed by atoms with Crippen molar-refractivity contribution in [1.82, 2.24) is 9.80 Å². The van der Waals surface area contributed by atoms with E-state index in [0.29, 0.717) is 34.0 Å². The van der Waals surface area contributed by atoms with Crippen LogP contribution in [-0.2, 0) is 12.8 Å². The Hall–Kier alpha value is -5.00. The molecule has 2 N–H and O–H groups in total. The van der Waals surface area contributed by atoms with Crippen LogP contribution in [-0.4, -0.2) is 84.8 Å². The van der Waals surface area contributed by atoms with Gasteiger partial charge in [-0.2, -0.15) is 0 Å². The van der Waals surface area contributed by atoms with Gasteiger partial charge in [0, 0.05) is 22.5 Å². The van der Waals surface area contributed by atoms with Gasteiger partial charge in [-0.05, 0) is 163 Å². The molecule has 0 fully saturated rings. The average Bonchev–Trinajstić information content (AvgIpc) is 3.09. The second kappa shape index (κ2) is 18.5. The second-order valence-corrected chi connectivity index (χ2v) is 12.2. The minimum atomic E-state index is -0.205. The van der Waals surface area contributed by atoms with E-state index >= 15 is 0 Å². The van der Waals surface area contributed by atoms with E-state index < -0.39 is 0 Å². The number of rotatable bonds is 18. The summed E-state index contributed by atoms with van der Waals surface area (Å²) in [6.07, 6.45) is 3.56. The molecule has 11 heteroatoms.